The quantitative estimate of drug-likeness (QED) is 0.159. The lowest BCUT2D eigenvalue weighted by Gasteiger charge is -2.35. The summed E-state index contributed by atoms with van der Waals surface area (Å²) in [6.07, 6.45) is 0. The summed E-state index contributed by atoms with van der Waals surface area (Å²) in [5.74, 6) is 0. The van der Waals surface area contributed by atoms with Crippen LogP contribution in [0.1, 0.15) is 22.3 Å². The van der Waals surface area contributed by atoms with Gasteiger partial charge in [0, 0.05) is 59.0 Å². The first-order chi connectivity index (χ1) is 33.7. The number of anilines is 3. The summed E-state index contributed by atoms with van der Waals surface area (Å²) in [5, 5.41) is 7.10. The van der Waals surface area contributed by atoms with Crippen LogP contribution < -0.4 is 4.90 Å². The number of thiophene rings is 1. The molecular formula is C65H41NOS. The lowest BCUT2D eigenvalue weighted by atomic mass is 9.67. The Bertz CT molecular complexity index is 4050. The van der Waals surface area contributed by atoms with Crippen molar-refractivity contribution in [3.63, 3.8) is 0 Å². The molecule has 3 heteroatoms. The minimum absolute atomic E-state index is 0.547. The number of furan rings is 1. The van der Waals surface area contributed by atoms with Crippen LogP contribution >= 0.6 is 11.3 Å². The van der Waals surface area contributed by atoms with Gasteiger partial charge in [0.15, 0.2) is 0 Å². The van der Waals surface area contributed by atoms with Gasteiger partial charge in [0.05, 0.1) is 11.1 Å². The van der Waals surface area contributed by atoms with Gasteiger partial charge in [-0.1, -0.05) is 200 Å². The average Bonchev–Trinajstić information content (AvgIpc) is 4.07. The smallest absolute Gasteiger partial charge is 0.143 e. The first kappa shape index (κ1) is 38.7. The highest BCUT2D eigenvalue weighted by molar-refractivity contribution is 7.26. The molecule has 2 heterocycles. The maximum Gasteiger partial charge on any atom is 0.143 e. The molecule has 68 heavy (non-hydrogen) atoms. The third-order valence-electron chi connectivity index (χ3n) is 14.3. The molecule has 14 rings (SSSR count). The molecule has 0 aliphatic heterocycles. The van der Waals surface area contributed by atoms with Crippen molar-refractivity contribution in [3.8, 4) is 33.4 Å². The summed E-state index contributed by atoms with van der Waals surface area (Å²) in [5.41, 5.74) is 16.6. The third-order valence-corrected chi connectivity index (χ3v) is 15.5. The minimum Gasteiger partial charge on any atom is -0.455 e. The van der Waals surface area contributed by atoms with E-state index in [0.29, 0.717) is 0 Å². The number of benzene rings is 11. The molecule has 13 aromatic rings. The Morgan fingerprint density at radius 3 is 1.79 bits per heavy atom. The van der Waals surface area contributed by atoms with Crippen molar-refractivity contribution < 1.29 is 4.42 Å². The number of nitrogens with zero attached hydrogens (tertiary/aromatic N) is 1. The molecule has 0 fully saturated rings. The van der Waals surface area contributed by atoms with Crippen LogP contribution in [0.15, 0.2) is 253 Å². The normalized spacial score (nSPS) is 12.8. The Balaban J connectivity index is 1.04. The number of hydrogen-bond donors (Lipinski definition) is 0. The fourth-order valence-corrected chi connectivity index (χ4v) is 12.7. The first-order valence-corrected chi connectivity index (χ1v) is 24.1. The molecule has 0 amide bonds. The summed E-state index contributed by atoms with van der Waals surface area (Å²) in [4.78, 5) is 2.46. The second-order valence-corrected chi connectivity index (χ2v) is 18.9. The molecule has 0 bridgehead atoms. The lowest BCUT2D eigenvalue weighted by molar-refractivity contribution is 0.670. The Morgan fingerprint density at radius 2 is 0.985 bits per heavy atom. The van der Waals surface area contributed by atoms with Gasteiger partial charge in [0.1, 0.15) is 11.2 Å². The molecule has 0 saturated heterocycles. The zero-order valence-electron chi connectivity index (χ0n) is 36.9. The van der Waals surface area contributed by atoms with Crippen molar-refractivity contribution in [2.24, 2.45) is 0 Å². The molecule has 11 aromatic carbocycles. The van der Waals surface area contributed by atoms with Crippen molar-refractivity contribution in [3.05, 3.63) is 271 Å². The second kappa shape index (κ2) is 15.3. The maximum atomic E-state index is 7.12. The van der Waals surface area contributed by atoms with Gasteiger partial charge in [-0.05, 0) is 98.2 Å². The number of rotatable bonds is 7. The van der Waals surface area contributed by atoms with Crippen molar-refractivity contribution in [1.29, 1.82) is 0 Å². The number of fused-ring (bicyclic) bond motifs is 10. The van der Waals surface area contributed by atoms with Gasteiger partial charge in [0.25, 0.3) is 0 Å². The number of para-hydroxylation sites is 1. The van der Waals surface area contributed by atoms with Crippen LogP contribution in [0, 0.1) is 0 Å². The van der Waals surface area contributed by atoms with E-state index in [2.05, 4.69) is 254 Å². The van der Waals surface area contributed by atoms with Crippen molar-refractivity contribution in [2.45, 2.75) is 5.41 Å². The summed E-state index contributed by atoms with van der Waals surface area (Å²) in [6, 6.07) is 91.2. The largest absolute Gasteiger partial charge is 0.455 e. The molecule has 2 aromatic heterocycles. The first-order valence-electron chi connectivity index (χ1n) is 23.3. The van der Waals surface area contributed by atoms with Crippen molar-refractivity contribution in [1.82, 2.24) is 0 Å². The van der Waals surface area contributed by atoms with Gasteiger partial charge in [-0.2, -0.15) is 0 Å². The second-order valence-electron chi connectivity index (χ2n) is 17.9. The van der Waals surface area contributed by atoms with Crippen LogP contribution in [0.3, 0.4) is 0 Å². The monoisotopic (exact) mass is 883 g/mol. The topological polar surface area (TPSA) is 16.4 Å². The van der Waals surface area contributed by atoms with Crippen LogP contribution in [0.4, 0.5) is 17.1 Å². The van der Waals surface area contributed by atoms with E-state index in [1.807, 2.05) is 11.3 Å². The van der Waals surface area contributed by atoms with E-state index < -0.39 is 5.41 Å². The van der Waals surface area contributed by atoms with Crippen molar-refractivity contribution in [2.75, 3.05) is 4.90 Å². The van der Waals surface area contributed by atoms with E-state index in [1.54, 1.807) is 0 Å². The van der Waals surface area contributed by atoms with E-state index in [0.717, 1.165) is 55.7 Å². The highest BCUT2D eigenvalue weighted by Gasteiger charge is 2.46. The molecule has 2 nitrogen and oxygen atoms in total. The van der Waals surface area contributed by atoms with Crippen LogP contribution in [0.25, 0.3) is 86.3 Å². The molecule has 0 radical (unpaired) electrons. The summed E-state index contributed by atoms with van der Waals surface area (Å²) in [7, 11) is 0. The van der Waals surface area contributed by atoms with Crippen LogP contribution in [-0.4, -0.2) is 0 Å². The lowest BCUT2D eigenvalue weighted by Crippen LogP contribution is -2.28. The third kappa shape index (κ3) is 5.70. The van der Waals surface area contributed by atoms with E-state index in [-0.39, 0.29) is 0 Å². The molecular weight excluding hydrogens is 843 g/mol. The van der Waals surface area contributed by atoms with Gasteiger partial charge in [-0.3, -0.25) is 0 Å². The van der Waals surface area contributed by atoms with Crippen LogP contribution in [0.2, 0.25) is 0 Å². The number of hydrogen-bond acceptors (Lipinski definition) is 3. The molecule has 0 N–H and O–H groups in total. The van der Waals surface area contributed by atoms with Gasteiger partial charge in [-0.15, -0.1) is 11.3 Å². The van der Waals surface area contributed by atoms with E-state index in [1.165, 1.54) is 69.9 Å². The predicted molar refractivity (Wildman–Crippen MR) is 287 cm³/mol. The molecule has 0 spiro atoms. The van der Waals surface area contributed by atoms with Gasteiger partial charge < -0.3 is 9.32 Å². The van der Waals surface area contributed by atoms with E-state index in [9.17, 15) is 0 Å². The maximum absolute atomic E-state index is 7.12. The van der Waals surface area contributed by atoms with Crippen LogP contribution in [0.5, 0.6) is 0 Å². The van der Waals surface area contributed by atoms with Gasteiger partial charge in [-0.25, -0.2) is 0 Å². The summed E-state index contributed by atoms with van der Waals surface area (Å²) < 4.78 is 9.68. The molecule has 318 valence electrons. The fourth-order valence-electron chi connectivity index (χ4n) is 11.4. The minimum atomic E-state index is -0.547. The summed E-state index contributed by atoms with van der Waals surface area (Å²) in [6.45, 7) is 0. The van der Waals surface area contributed by atoms with Crippen LogP contribution in [-0.2, 0) is 5.41 Å². The van der Waals surface area contributed by atoms with Crippen molar-refractivity contribution >= 4 is 81.3 Å². The Kier molecular flexibility index (Phi) is 8.71. The standard InChI is InChI=1S/C65H41NOS/c1-4-19-42(20-5-1)48-26-13-16-33-59(48)66(47-35-37-51-50-28-12-15-32-57(50)65(58(51)41-47,44-22-6-2-7-23-44)45-24-8-3-9-25-45)46-36-38-60-55(40-46)56-39-43-21-10-11-27-49(43)62(63(56)67-60)54-31-18-30-53-52-29-14-17-34-61(52)68-64(53)54/h1-41H. The average molecular weight is 884 g/mol. The highest BCUT2D eigenvalue weighted by Crippen LogP contribution is 2.58. The molecule has 0 unspecified atom stereocenters. The Labute approximate surface area is 398 Å². The SMILES string of the molecule is c1ccc(-c2ccccc2N(c2ccc3c(c2)C(c2ccccc2)(c2ccccc2)c2ccccc2-3)c2ccc3oc4c(-c5cccc6c5sc5ccccc56)c5ccccc5cc4c3c2)cc1. The Hall–Kier alpha value is -8.50. The van der Waals surface area contributed by atoms with Gasteiger partial charge in [0.2, 0.25) is 0 Å². The zero-order chi connectivity index (χ0) is 44.8. The van der Waals surface area contributed by atoms with E-state index in [4.69, 9.17) is 4.42 Å². The van der Waals surface area contributed by atoms with E-state index >= 15 is 0 Å². The molecule has 0 saturated carbocycles. The summed E-state index contributed by atoms with van der Waals surface area (Å²) >= 11 is 1.86. The molecule has 1 aliphatic carbocycles. The fraction of sp³-hybridized carbons (Fsp3) is 0.0154. The Morgan fingerprint density at radius 1 is 0.382 bits per heavy atom. The zero-order valence-corrected chi connectivity index (χ0v) is 37.8. The van der Waals surface area contributed by atoms with Gasteiger partial charge >= 0.3 is 0 Å². The highest BCUT2D eigenvalue weighted by atomic mass is 32.1. The predicted octanol–water partition coefficient (Wildman–Crippen LogP) is 18.3. The molecule has 0 atom stereocenters. The molecule has 1 aliphatic rings.